The van der Waals surface area contributed by atoms with Crippen molar-refractivity contribution in [1.82, 2.24) is 4.90 Å². The van der Waals surface area contributed by atoms with Gasteiger partial charge < -0.3 is 15.6 Å². The highest BCUT2D eigenvalue weighted by Crippen LogP contribution is 2.36. The van der Waals surface area contributed by atoms with Crippen molar-refractivity contribution >= 4 is 23.4 Å². The Morgan fingerprint density at radius 3 is 2.55 bits per heavy atom. The molecule has 2 aromatic rings. The summed E-state index contributed by atoms with van der Waals surface area (Å²) in [4.78, 5) is 14.8. The van der Waals surface area contributed by atoms with Crippen LogP contribution in [0.2, 0.25) is 5.02 Å². The number of rotatable bonds is 4. The van der Waals surface area contributed by atoms with Crippen molar-refractivity contribution in [1.29, 1.82) is 0 Å². The number of halogens is 1. The van der Waals surface area contributed by atoms with Gasteiger partial charge >= 0.3 is 6.09 Å². The molecule has 6 heteroatoms. The smallest absolute Gasteiger partial charge is 0.410 e. The molecule has 1 amide bonds. The van der Waals surface area contributed by atoms with Crippen LogP contribution in [-0.2, 0) is 11.2 Å². The maximum atomic E-state index is 13.1. The Hall–Kier alpha value is -2.24. The van der Waals surface area contributed by atoms with Gasteiger partial charge in [0.15, 0.2) is 0 Å². The maximum absolute atomic E-state index is 13.1. The Kier molecular flexibility index (Phi) is 6.39. The predicted molar refractivity (Wildman–Crippen MR) is 116 cm³/mol. The number of aliphatic hydroxyl groups is 1. The lowest BCUT2D eigenvalue weighted by Gasteiger charge is -2.35. The van der Waals surface area contributed by atoms with Crippen LogP contribution in [-0.4, -0.2) is 33.8 Å². The van der Waals surface area contributed by atoms with Gasteiger partial charge in [-0.05, 0) is 75.4 Å². The number of nitrogen functional groups attached to an aromatic ring is 1. The maximum Gasteiger partial charge on any atom is 0.410 e. The number of benzene rings is 2. The molecule has 3 rings (SSSR count). The van der Waals surface area contributed by atoms with Gasteiger partial charge in [0.2, 0.25) is 0 Å². The lowest BCUT2D eigenvalue weighted by molar-refractivity contribution is -0.00452. The van der Waals surface area contributed by atoms with E-state index in [1.54, 1.807) is 23.1 Å². The molecule has 1 saturated heterocycles. The fourth-order valence-electron chi connectivity index (χ4n) is 3.86. The van der Waals surface area contributed by atoms with Gasteiger partial charge in [0.1, 0.15) is 5.60 Å². The van der Waals surface area contributed by atoms with Crippen molar-refractivity contribution < 1.29 is 14.6 Å². The summed E-state index contributed by atoms with van der Waals surface area (Å²) in [5, 5.41) is 11.6. The summed E-state index contributed by atoms with van der Waals surface area (Å²) in [5.74, 6) is 0. The number of anilines is 1. The number of nitrogens with two attached hydrogens (primary N) is 1. The van der Waals surface area contributed by atoms with E-state index in [0.29, 0.717) is 29.1 Å². The predicted octanol–water partition coefficient (Wildman–Crippen LogP) is 4.97. The summed E-state index contributed by atoms with van der Waals surface area (Å²) in [6, 6.07) is 14.4. The van der Waals surface area contributed by atoms with E-state index in [0.717, 1.165) is 12.0 Å². The number of nitrogens with zero attached hydrogens (tertiary/aromatic N) is 1. The van der Waals surface area contributed by atoms with Crippen LogP contribution in [0.15, 0.2) is 48.5 Å². The summed E-state index contributed by atoms with van der Waals surface area (Å²) < 4.78 is 5.68. The minimum atomic E-state index is -0.836. The third-order valence-electron chi connectivity index (χ3n) is 5.16. The van der Waals surface area contributed by atoms with E-state index < -0.39 is 17.8 Å². The Bertz CT molecular complexity index is 848. The zero-order valence-corrected chi connectivity index (χ0v) is 17.9. The van der Waals surface area contributed by atoms with Crippen molar-refractivity contribution in [2.24, 2.45) is 0 Å². The Morgan fingerprint density at radius 1 is 1.24 bits per heavy atom. The molecule has 0 saturated carbocycles. The van der Waals surface area contributed by atoms with Crippen LogP contribution in [0.1, 0.15) is 50.8 Å². The first-order valence-corrected chi connectivity index (χ1v) is 10.3. The van der Waals surface area contributed by atoms with Crippen LogP contribution in [0.4, 0.5) is 10.5 Å². The molecular formula is C23H29ClN2O3. The van der Waals surface area contributed by atoms with Gasteiger partial charge in [-0.15, -0.1) is 0 Å². The molecule has 5 nitrogen and oxygen atoms in total. The molecule has 3 N–H and O–H groups in total. The van der Waals surface area contributed by atoms with Gasteiger partial charge in [-0.25, -0.2) is 4.79 Å². The van der Waals surface area contributed by atoms with Gasteiger partial charge in [-0.2, -0.15) is 0 Å². The summed E-state index contributed by atoms with van der Waals surface area (Å²) >= 11 is 6.10. The van der Waals surface area contributed by atoms with Gasteiger partial charge in [0.25, 0.3) is 0 Å². The van der Waals surface area contributed by atoms with E-state index in [4.69, 9.17) is 22.1 Å². The molecule has 1 aliphatic heterocycles. The highest BCUT2D eigenvalue weighted by molar-refractivity contribution is 6.30. The third kappa shape index (κ3) is 5.43. The second-order valence-electron chi connectivity index (χ2n) is 8.63. The molecule has 29 heavy (non-hydrogen) atoms. The molecule has 1 aliphatic rings. The number of carbonyl (C=O) groups is 1. The SMILES string of the molecule is CC(C)(C)OC(=O)N1C(Cc2ccc(N)cc2)CCC1C(O)c1cccc(Cl)c1. The van der Waals surface area contributed by atoms with Gasteiger partial charge in [-0.3, -0.25) is 4.90 Å². The van der Waals surface area contributed by atoms with Crippen LogP contribution in [0.5, 0.6) is 0 Å². The standard InChI is InChI=1S/C23H29ClN2O3/c1-23(2,3)29-22(28)26-19(13-15-7-9-18(25)10-8-15)11-12-20(26)21(27)16-5-4-6-17(24)14-16/h4-10,14,19-21,27H,11-13,25H2,1-3H3. The van der Waals surface area contributed by atoms with Gasteiger partial charge in [0.05, 0.1) is 12.1 Å². The number of aliphatic hydroxyl groups excluding tert-OH is 1. The van der Waals surface area contributed by atoms with Crippen molar-refractivity contribution in [3.8, 4) is 0 Å². The number of ether oxygens (including phenoxy) is 1. The average Bonchev–Trinajstić information content (AvgIpc) is 3.05. The fraction of sp³-hybridized carbons (Fsp3) is 0.435. The highest BCUT2D eigenvalue weighted by Gasteiger charge is 2.42. The zero-order valence-electron chi connectivity index (χ0n) is 17.1. The van der Waals surface area contributed by atoms with E-state index in [1.165, 1.54) is 0 Å². The van der Waals surface area contributed by atoms with Crippen LogP contribution >= 0.6 is 11.6 Å². The molecule has 1 fully saturated rings. The summed E-state index contributed by atoms with van der Waals surface area (Å²) in [6.45, 7) is 5.54. The normalized spacial score (nSPS) is 20.5. The quantitative estimate of drug-likeness (QED) is 0.690. The number of hydrogen-bond donors (Lipinski definition) is 2. The van der Waals surface area contributed by atoms with Crippen LogP contribution in [0.25, 0.3) is 0 Å². The van der Waals surface area contributed by atoms with Crippen LogP contribution < -0.4 is 5.73 Å². The molecule has 3 unspecified atom stereocenters. The molecule has 0 bridgehead atoms. The summed E-state index contributed by atoms with van der Waals surface area (Å²) in [7, 11) is 0. The minimum absolute atomic E-state index is 0.0627. The van der Waals surface area contributed by atoms with Gasteiger partial charge in [-0.1, -0.05) is 35.9 Å². The average molecular weight is 417 g/mol. The highest BCUT2D eigenvalue weighted by atomic mass is 35.5. The van der Waals surface area contributed by atoms with Crippen molar-refractivity contribution in [2.75, 3.05) is 5.73 Å². The van der Waals surface area contributed by atoms with Crippen molar-refractivity contribution in [3.05, 3.63) is 64.7 Å². The largest absolute Gasteiger partial charge is 0.444 e. The Balaban J connectivity index is 1.86. The number of amides is 1. The topological polar surface area (TPSA) is 75.8 Å². The zero-order chi connectivity index (χ0) is 21.2. The number of likely N-dealkylation sites (tertiary alicyclic amines) is 1. The first kappa shape index (κ1) is 21.5. The summed E-state index contributed by atoms with van der Waals surface area (Å²) in [5.41, 5.74) is 7.67. The molecule has 0 aliphatic carbocycles. The second-order valence-corrected chi connectivity index (χ2v) is 9.07. The summed E-state index contributed by atoms with van der Waals surface area (Å²) in [6.07, 6.45) is 0.913. The molecule has 3 atom stereocenters. The van der Waals surface area contributed by atoms with E-state index in [-0.39, 0.29) is 12.1 Å². The van der Waals surface area contributed by atoms with Crippen molar-refractivity contribution in [3.63, 3.8) is 0 Å². The molecule has 156 valence electrons. The number of carbonyl (C=O) groups excluding carboxylic acids is 1. The lowest BCUT2D eigenvalue weighted by Crippen LogP contribution is -2.47. The molecule has 0 aromatic heterocycles. The molecule has 0 spiro atoms. The first-order valence-electron chi connectivity index (χ1n) is 9.93. The lowest BCUT2D eigenvalue weighted by atomic mass is 10.0. The Labute approximate surface area is 177 Å². The van der Waals surface area contributed by atoms with E-state index in [9.17, 15) is 9.90 Å². The monoisotopic (exact) mass is 416 g/mol. The first-order chi connectivity index (χ1) is 13.6. The van der Waals surface area contributed by atoms with Crippen molar-refractivity contribution in [2.45, 2.75) is 63.8 Å². The van der Waals surface area contributed by atoms with E-state index >= 15 is 0 Å². The number of hydrogen-bond acceptors (Lipinski definition) is 4. The molecule has 0 radical (unpaired) electrons. The minimum Gasteiger partial charge on any atom is -0.444 e. The van der Waals surface area contributed by atoms with Gasteiger partial charge in [0, 0.05) is 16.8 Å². The fourth-order valence-corrected chi connectivity index (χ4v) is 4.06. The molecule has 1 heterocycles. The van der Waals surface area contributed by atoms with E-state index in [2.05, 4.69) is 0 Å². The third-order valence-corrected chi connectivity index (χ3v) is 5.39. The molecule has 2 aromatic carbocycles. The second kappa shape index (κ2) is 8.64. The van der Waals surface area contributed by atoms with E-state index in [1.807, 2.05) is 51.1 Å². The molecular weight excluding hydrogens is 388 g/mol. The van der Waals surface area contributed by atoms with Crippen LogP contribution in [0, 0.1) is 0 Å². The van der Waals surface area contributed by atoms with Crippen LogP contribution in [0.3, 0.4) is 0 Å². The Morgan fingerprint density at radius 2 is 1.93 bits per heavy atom.